The van der Waals surface area contributed by atoms with E-state index in [1.54, 1.807) is 17.0 Å². The van der Waals surface area contributed by atoms with Gasteiger partial charge in [-0.15, -0.1) is 11.8 Å². The van der Waals surface area contributed by atoms with Crippen LogP contribution in [0.25, 0.3) is 0 Å². The monoisotopic (exact) mass is 358 g/mol. The normalized spacial score (nSPS) is 17.0. The Balaban J connectivity index is 1.60. The van der Waals surface area contributed by atoms with E-state index in [0.717, 1.165) is 16.8 Å². The lowest BCUT2D eigenvalue weighted by atomic mass is 10.2. The Labute approximate surface area is 150 Å². The molecule has 0 aliphatic carbocycles. The van der Waals surface area contributed by atoms with Crippen molar-refractivity contribution in [3.8, 4) is 0 Å². The lowest BCUT2D eigenvalue weighted by Crippen LogP contribution is -2.31. The van der Waals surface area contributed by atoms with E-state index in [0.29, 0.717) is 12.3 Å². The third-order valence-corrected chi connectivity index (χ3v) is 5.29. The first-order valence-corrected chi connectivity index (χ1v) is 9.11. The van der Waals surface area contributed by atoms with Crippen LogP contribution in [-0.2, 0) is 9.59 Å². The Morgan fingerprint density at radius 1 is 1.20 bits per heavy atom. The van der Waals surface area contributed by atoms with Crippen molar-refractivity contribution >= 4 is 29.3 Å². The van der Waals surface area contributed by atoms with Gasteiger partial charge in [0.1, 0.15) is 11.2 Å². The minimum absolute atomic E-state index is 0.00228. The lowest BCUT2D eigenvalue weighted by Gasteiger charge is -2.24. The first-order valence-electron chi connectivity index (χ1n) is 8.06. The molecule has 1 fully saturated rings. The molecule has 3 rings (SSSR count). The van der Waals surface area contributed by atoms with Crippen molar-refractivity contribution in [3.05, 3.63) is 65.5 Å². The molecule has 1 atom stereocenters. The highest BCUT2D eigenvalue weighted by atomic mass is 32.2. The summed E-state index contributed by atoms with van der Waals surface area (Å²) < 4.78 is 13.1. The lowest BCUT2D eigenvalue weighted by molar-refractivity contribution is -0.128. The van der Waals surface area contributed by atoms with Crippen molar-refractivity contribution in [1.82, 2.24) is 4.90 Å². The summed E-state index contributed by atoms with van der Waals surface area (Å²) >= 11 is 1.50. The molecule has 1 heterocycles. The first kappa shape index (κ1) is 17.5. The zero-order valence-corrected chi connectivity index (χ0v) is 14.7. The fourth-order valence-corrected chi connectivity index (χ4v) is 3.90. The first-order chi connectivity index (χ1) is 12.0. The fourth-order valence-electron chi connectivity index (χ4n) is 2.68. The second-order valence-electron chi connectivity index (χ2n) is 5.97. The zero-order chi connectivity index (χ0) is 17.8. The molecule has 0 unspecified atom stereocenters. The van der Waals surface area contributed by atoms with Crippen molar-refractivity contribution in [1.29, 1.82) is 0 Å². The molecule has 0 radical (unpaired) electrons. The summed E-state index contributed by atoms with van der Waals surface area (Å²) in [6.07, 6.45) is 0.220. The van der Waals surface area contributed by atoms with E-state index in [9.17, 15) is 14.0 Å². The van der Waals surface area contributed by atoms with Gasteiger partial charge in [-0.2, -0.15) is 0 Å². The Morgan fingerprint density at radius 3 is 2.56 bits per heavy atom. The molecule has 2 aromatic rings. The van der Waals surface area contributed by atoms with E-state index in [2.05, 4.69) is 5.32 Å². The maximum Gasteiger partial charge on any atom is 0.233 e. The summed E-state index contributed by atoms with van der Waals surface area (Å²) in [6, 6.07) is 13.7. The highest BCUT2D eigenvalue weighted by Gasteiger charge is 2.32. The molecule has 0 saturated carbocycles. The summed E-state index contributed by atoms with van der Waals surface area (Å²) in [5.41, 5.74) is 2.74. The number of amides is 2. The van der Waals surface area contributed by atoms with Gasteiger partial charge in [-0.05, 0) is 36.8 Å². The smallest absolute Gasteiger partial charge is 0.233 e. The van der Waals surface area contributed by atoms with E-state index < -0.39 is 0 Å². The maximum absolute atomic E-state index is 13.1. The second kappa shape index (κ2) is 7.70. The van der Waals surface area contributed by atoms with E-state index >= 15 is 0 Å². The second-order valence-corrected chi connectivity index (χ2v) is 7.03. The molecule has 1 saturated heterocycles. The van der Waals surface area contributed by atoms with E-state index in [-0.39, 0.29) is 29.4 Å². The molecule has 130 valence electrons. The van der Waals surface area contributed by atoms with Crippen molar-refractivity contribution < 1.29 is 14.0 Å². The summed E-state index contributed by atoms with van der Waals surface area (Å²) in [5.74, 6) is -0.0577. The van der Waals surface area contributed by atoms with Crippen LogP contribution in [0.5, 0.6) is 0 Å². The van der Waals surface area contributed by atoms with Crippen molar-refractivity contribution in [2.24, 2.45) is 0 Å². The topological polar surface area (TPSA) is 49.4 Å². The fraction of sp³-hybridized carbons (Fsp3) is 0.263. The predicted octanol–water partition coefficient (Wildman–Crippen LogP) is 3.74. The minimum Gasteiger partial charge on any atom is -0.326 e. The highest BCUT2D eigenvalue weighted by Crippen LogP contribution is 2.38. The van der Waals surface area contributed by atoms with Gasteiger partial charge in [0.15, 0.2) is 0 Å². The number of aryl methyl sites for hydroxylation is 1. The summed E-state index contributed by atoms with van der Waals surface area (Å²) in [4.78, 5) is 26.0. The predicted molar refractivity (Wildman–Crippen MR) is 97.7 cm³/mol. The minimum atomic E-state index is -0.304. The van der Waals surface area contributed by atoms with Crippen molar-refractivity contribution in [2.45, 2.75) is 18.7 Å². The molecule has 1 N–H and O–H groups in total. The molecule has 2 amide bonds. The van der Waals surface area contributed by atoms with E-state index in [1.165, 1.54) is 23.9 Å². The standard InChI is InChI=1S/C19H19FN2O2S/c1-13-2-8-16(9-3-13)21-17(23)10-11-22-18(24)12-25-19(22)14-4-6-15(20)7-5-14/h2-9,19H,10-12H2,1H3,(H,21,23)/t19-/m0/s1. The van der Waals surface area contributed by atoms with Gasteiger partial charge < -0.3 is 10.2 Å². The quantitative estimate of drug-likeness (QED) is 0.886. The number of carbonyl (C=O) groups excluding carboxylic acids is 2. The average molecular weight is 358 g/mol. The molecule has 6 heteroatoms. The van der Waals surface area contributed by atoms with Crippen LogP contribution >= 0.6 is 11.8 Å². The molecule has 4 nitrogen and oxygen atoms in total. The number of nitrogens with zero attached hydrogens (tertiary/aromatic N) is 1. The number of hydrogen-bond acceptors (Lipinski definition) is 3. The highest BCUT2D eigenvalue weighted by molar-refractivity contribution is 8.00. The van der Waals surface area contributed by atoms with Gasteiger partial charge in [-0.3, -0.25) is 9.59 Å². The van der Waals surface area contributed by atoms with Gasteiger partial charge in [0.25, 0.3) is 0 Å². The third-order valence-electron chi connectivity index (χ3n) is 4.04. The molecular weight excluding hydrogens is 339 g/mol. The number of benzene rings is 2. The summed E-state index contributed by atoms with van der Waals surface area (Å²) in [5, 5.41) is 2.67. The van der Waals surface area contributed by atoms with Gasteiger partial charge in [0.05, 0.1) is 5.75 Å². The van der Waals surface area contributed by atoms with Crippen molar-refractivity contribution in [3.63, 3.8) is 0 Å². The van der Waals surface area contributed by atoms with Crippen molar-refractivity contribution in [2.75, 3.05) is 17.6 Å². The van der Waals surface area contributed by atoms with Gasteiger partial charge in [-0.1, -0.05) is 29.8 Å². The Kier molecular flexibility index (Phi) is 5.38. The number of rotatable bonds is 5. The summed E-state index contributed by atoms with van der Waals surface area (Å²) in [6.45, 7) is 2.32. The zero-order valence-electron chi connectivity index (χ0n) is 13.9. The number of carbonyl (C=O) groups is 2. The molecule has 0 spiro atoms. The molecule has 0 aromatic heterocycles. The molecule has 1 aliphatic rings. The van der Waals surface area contributed by atoms with Gasteiger partial charge in [0.2, 0.25) is 11.8 Å². The molecule has 1 aliphatic heterocycles. The van der Waals surface area contributed by atoms with Crippen LogP contribution in [0.2, 0.25) is 0 Å². The number of nitrogens with one attached hydrogen (secondary N) is 1. The third kappa shape index (κ3) is 4.39. The number of hydrogen-bond donors (Lipinski definition) is 1. The molecule has 0 bridgehead atoms. The van der Waals surface area contributed by atoms with Gasteiger partial charge >= 0.3 is 0 Å². The average Bonchev–Trinajstić information content (AvgIpc) is 2.96. The van der Waals surface area contributed by atoms with Crippen LogP contribution in [-0.4, -0.2) is 29.0 Å². The molecule has 2 aromatic carbocycles. The van der Waals surface area contributed by atoms with Crippen LogP contribution in [0.4, 0.5) is 10.1 Å². The molecular formula is C19H19FN2O2S. The van der Waals surface area contributed by atoms with E-state index in [1.807, 2.05) is 31.2 Å². The number of anilines is 1. The number of thioether (sulfide) groups is 1. The van der Waals surface area contributed by atoms with Crippen LogP contribution < -0.4 is 5.32 Å². The Hall–Kier alpha value is -2.34. The SMILES string of the molecule is Cc1ccc(NC(=O)CCN2C(=O)CS[C@H]2c2ccc(F)cc2)cc1. The Morgan fingerprint density at radius 2 is 1.88 bits per heavy atom. The molecule has 25 heavy (non-hydrogen) atoms. The van der Waals surface area contributed by atoms with E-state index in [4.69, 9.17) is 0 Å². The van der Waals surface area contributed by atoms with Crippen LogP contribution in [0.15, 0.2) is 48.5 Å². The van der Waals surface area contributed by atoms with Crippen LogP contribution in [0.1, 0.15) is 22.9 Å². The number of halogens is 1. The summed E-state index contributed by atoms with van der Waals surface area (Å²) in [7, 11) is 0. The van der Waals surface area contributed by atoms with Gasteiger partial charge in [-0.25, -0.2) is 4.39 Å². The van der Waals surface area contributed by atoms with Gasteiger partial charge in [0, 0.05) is 18.7 Å². The van der Waals surface area contributed by atoms with Crippen LogP contribution in [0, 0.1) is 12.7 Å². The maximum atomic E-state index is 13.1. The Bertz CT molecular complexity index is 762. The van der Waals surface area contributed by atoms with Crippen LogP contribution in [0.3, 0.4) is 0 Å². The largest absolute Gasteiger partial charge is 0.326 e.